The van der Waals surface area contributed by atoms with Crippen LogP contribution in [0.4, 0.5) is 5.69 Å². The quantitative estimate of drug-likeness (QED) is 0.212. The summed E-state index contributed by atoms with van der Waals surface area (Å²) in [5, 5.41) is 1.98. The van der Waals surface area contributed by atoms with Crippen LogP contribution in [-0.4, -0.2) is 57.9 Å². The maximum Gasteiger partial charge on any atom is 0.258 e. The maximum absolute atomic E-state index is 12.6. The summed E-state index contributed by atoms with van der Waals surface area (Å²) in [6.45, 7) is 10.4. The number of benzene rings is 2. The number of amides is 1. The third-order valence-corrected chi connectivity index (χ3v) is 7.15. The van der Waals surface area contributed by atoms with Gasteiger partial charge in [-0.3, -0.25) is 10.2 Å². The maximum atomic E-state index is 12.6. The number of methoxy groups -OCH3 is 2. The molecule has 2 aromatic rings. The lowest BCUT2D eigenvalue weighted by atomic mass is 10.1. The summed E-state index contributed by atoms with van der Waals surface area (Å²) < 4.78 is 17.2. The van der Waals surface area contributed by atoms with E-state index in [0.29, 0.717) is 23.9 Å². The van der Waals surface area contributed by atoms with E-state index in [9.17, 15) is 4.79 Å². The molecule has 0 spiro atoms. The van der Waals surface area contributed by atoms with Crippen LogP contribution in [0.25, 0.3) is 6.08 Å². The molecule has 214 valence electrons. The molecule has 1 heterocycles. The Hall–Kier alpha value is -3.19. The minimum absolute atomic E-state index is 0.160. The van der Waals surface area contributed by atoms with E-state index in [2.05, 4.69) is 49.3 Å². The Morgan fingerprint density at radius 3 is 2.15 bits per heavy atom. The highest BCUT2D eigenvalue weighted by Gasteiger charge is 2.19. The summed E-state index contributed by atoms with van der Waals surface area (Å²) in [7, 11) is 3.24. The molecule has 1 amide bonds. The van der Waals surface area contributed by atoms with Crippen molar-refractivity contribution in [2.24, 2.45) is 0 Å². The molecule has 7 heteroatoms. The van der Waals surface area contributed by atoms with Crippen LogP contribution in [0.5, 0.6) is 17.2 Å². The molecule has 0 saturated carbocycles. The molecule has 2 aromatic carbocycles. The number of rotatable bonds is 15. The van der Waals surface area contributed by atoms with E-state index in [1.807, 2.05) is 17.1 Å². The van der Waals surface area contributed by atoms with Gasteiger partial charge in [0.1, 0.15) is 0 Å². The fourth-order valence-corrected chi connectivity index (χ4v) is 4.96. The van der Waals surface area contributed by atoms with Crippen molar-refractivity contribution >= 4 is 17.7 Å². The van der Waals surface area contributed by atoms with Gasteiger partial charge in [0.15, 0.2) is 11.5 Å². The van der Waals surface area contributed by atoms with Crippen LogP contribution < -0.4 is 24.5 Å². The monoisotopic (exact) mass is 537 g/mol. The molecule has 1 saturated heterocycles. The fraction of sp³-hybridized carbons (Fsp3) is 0.531. The number of nitrogens with zero attached hydrogens (tertiary/aromatic N) is 2. The summed E-state index contributed by atoms with van der Waals surface area (Å²) in [6, 6.07) is 10.3. The summed E-state index contributed by atoms with van der Waals surface area (Å²) in [5.74, 6) is 1.64. The van der Waals surface area contributed by atoms with Crippen LogP contribution in [0.15, 0.2) is 36.4 Å². The number of hydrogen-bond donors (Lipinski definition) is 1. The molecule has 0 unspecified atom stereocenters. The lowest BCUT2D eigenvalue weighted by Gasteiger charge is -2.36. The summed E-state index contributed by atoms with van der Waals surface area (Å²) in [4.78, 5) is 15.0. The van der Waals surface area contributed by atoms with Crippen molar-refractivity contribution in [1.29, 1.82) is 0 Å². The van der Waals surface area contributed by atoms with Crippen LogP contribution in [-0.2, 0) is 4.79 Å². The standard InChI is InChI=1S/C32H47N3O4/c1-6-7-8-9-10-11-12-21-39-32-29(37-4)23-27(24-30(32)38-5)14-16-31(36)33-35-19-17-34(18-20-35)28-15-13-25(2)22-26(28)3/h13-16,22-24H,6-12,17-21H2,1-5H3,(H,33,36)/b16-14+. The lowest BCUT2D eigenvalue weighted by Crippen LogP contribution is -2.53. The zero-order valence-corrected chi connectivity index (χ0v) is 24.6. The van der Waals surface area contributed by atoms with E-state index in [1.54, 1.807) is 26.4 Å². The van der Waals surface area contributed by atoms with Gasteiger partial charge in [0.05, 0.1) is 20.8 Å². The Kier molecular flexibility index (Phi) is 12.5. The van der Waals surface area contributed by atoms with Crippen LogP contribution in [0.2, 0.25) is 0 Å². The zero-order valence-electron chi connectivity index (χ0n) is 24.6. The Morgan fingerprint density at radius 2 is 1.54 bits per heavy atom. The molecule has 0 atom stereocenters. The molecule has 1 aliphatic heterocycles. The first-order chi connectivity index (χ1) is 18.9. The molecule has 0 bridgehead atoms. The topological polar surface area (TPSA) is 63.3 Å². The third kappa shape index (κ3) is 9.50. The van der Waals surface area contributed by atoms with Gasteiger partial charge < -0.3 is 19.1 Å². The number of unbranched alkanes of at least 4 members (excludes halogenated alkanes) is 6. The van der Waals surface area contributed by atoms with E-state index in [1.165, 1.54) is 48.9 Å². The van der Waals surface area contributed by atoms with Gasteiger partial charge >= 0.3 is 0 Å². The normalized spacial score (nSPS) is 14.0. The number of carbonyl (C=O) groups is 1. The first-order valence-electron chi connectivity index (χ1n) is 14.4. The summed E-state index contributed by atoms with van der Waals surface area (Å²) >= 11 is 0. The molecule has 3 rings (SSSR count). The van der Waals surface area contributed by atoms with Gasteiger partial charge in [-0.2, -0.15) is 0 Å². The number of anilines is 1. The molecular weight excluding hydrogens is 490 g/mol. The second-order valence-corrected chi connectivity index (χ2v) is 10.3. The van der Waals surface area contributed by atoms with Gasteiger partial charge in [-0.15, -0.1) is 0 Å². The second-order valence-electron chi connectivity index (χ2n) is 10.3. The molecule has 39 heavy (non-hydrogen) atoms. The Balaban J connectivity index is 1.49. The van der Waals surface area contributed by atoms with Gasteiger partial charge in [0.2, 0.25) is 5.75 Å². The molecule has 1 N–H and O–H groups in total. The smallest absolute Gasteiger partial charge is 0.258 e. The number of carbonyl (C=O) groups excluding carboxylic acids is 1. The van der Waals surface area contributed by atoms with Crippen molar-refractivity contribution in [2.75, 3.05) is 51.9 Å². The highest BCUT2D eigenvalue weighted by Crippen LogP contribution is 2.39. The second kappa shape index (κ2) is 16.0. The molecule has 0 radical (unpaired) electrons. The van der Waals surface area contributed by atoms with Crippen molar-refractivity contribution in [3.63, 3.8) is 0 Å². The van der Waals surface area contributed by atoms with E-state index < -0.39 is 0 Å². The highest BCUT2D eigenvalue weighted by molar-refractivity contribution is 5.91. The number of ether oxygens (including phenoxy) is 3. The van der Waals surface area contributed by atoms with Crippen molar-refractivity contribution in [3.8, 4) is 17.2 Å². The van der Waals surface area contributed by atoms with E-state index in [4.69, 9.17) is 14.2 Å². The van der Waals surface area contributed by atoms with Crippen LogP contribution in [0.1, 0.15) is 68.6 Å². The van der Waals surface area contributed by atoms with Gasteiger partial charge in [-0.1, -0.05) is 63.1 Å². The molecule has 0 aromatic heterocycles. The average molecular weight is 538 g/mol. The minimum Gasteiger partial charge on any atom is -0.493 e. The molecular formula is C32H47N3O4. The first kappa shape index (κ1) is 30.4. The summed E-state index contributed by atoms with van der Waals surface area (Å²) in [5.41, 5.74) is 7.64. The van der Waals surface area contributed by atoms with Gasteiger partial charge in [-0.05, 0) is 55.7 Å². The van der Waals surface area contributed by atoms with Gasteiger partial charge in [0.25, 0.3) is 5.91 Å². The van der Waals surface area contributed by atoms with Gasteiger partial charge in [0, 0.05) is 37.9 Å². The molecule has 1 aliphatic rings. The largest absolute Gasteiger partial charge is 0.493 e. The first-order valence-corrected chi connectivity index (χ1v) is 14.4. The number of piperazine rings is 1. The van der Waals surface area contributed by atoms with Crippen molar-refractivity contribution in [2.45, 2.75) is 65.7 Å². The third-order valence-electron chi connectivity index (χ3n) is 7.15. The van der Waals surface area contributed by atoms with Crippen molar-refractivity contribution in [1.82, 2.24) is 10.4 Å². The average Bonchev–Trinajstić information content (AvgIpc) is 2.94. The summed E-state index contributed by atoms with van der Waals surface area (Å²) in [6.07, 6.45) is 11.9. The Bertz CT molecular complexity index is 1050. The predicted octanol–water partition coefficient (Wildman–Crippen LogP) is 6.32. The van der Waals surface area contributed by atoms with E-state index in [0.717, 1.165) is 44.6 Å². The van der Waals surface area contributed by atoms with Crippen LogP contribution >= 0.6 is 0 Å². The molecule has 7 nitrogen and oxygen atoms in total. The number of nitrogens with one attached hydrogen (secondary N) is 1. The predicted molar refractivity (Wildman–Crippen MR) is 160 cm³/mol. The van der Waals surface area contributed by atoms with Crippen LogP contribution in [0, 0.1) is 13.8 Å². The Morgan fingerprint density at radius 1 is 0.897 bits per heavy atom. The number of hydrazine groups is 1. The van der Waals surface area contributed by atoms with Crippen molar-refractivity contribution in [3.05, 3.63) is 53.1 Å². The zero-order chi connectivity index (χ0) is 28.0. The number of hydrogen-bond acceptors (Lipinski definition) is 6. The SMILES string of the molecule is CCCCCCCCCOc1c(OC)cc(/C=C/C(=O)NN2CCN(c3ccc(C)cc3C)CC2)cc1OC. The molecule has 1 fully saturated rings. The minimum atomic E-state index is -0.160. The van der Waals surface area contributed by atoms with E-state index >= 15 is 0 Å². The Labute approximate surface area is 235 Å². The number of aryl methyl sites for hydroxylation is 2. The fourth-order valence-electron chi connectivity index (χ4n) is 4.96. The van der Waals surface area contributed by atoms with E-state index in [-0.39, 0.29) is 5.91 Å². The van der Waals surface area contributed by atoms with Crippen LogP contribution in [0.3, 0.4) is 0 Å². The highest BCUT2D eigenvalue weighted by atomic mass is 16.5. The van der Waals surface area contributed by atoms with Crippen molar-refractivity contribution < 1.29 is 19.0 Å². The lowest BCUT2D eigenvalue weighted by molar-refractivity contribution is -0.121. The van der Waals surface area contributed by atoms with Gasteiger partial charge in [-0.25, -0.2) is 5.01 Å². The molecule has 0 aliphatic carbocycles.